The summed E-state index contributed by atoms with van der Waals surface area (Å²) in [6.45, 7) is 0.871. The number of carboxylic acids is 1. The fourth-order valence-corrected chi connectivity index (χ4v) is 2.33. The first-order chi connectivity index (χ1) is 9.16. The molecule has 2 aromatic rings. The van der Waals surface area contributed by atoms with E-state index in [9.17, 15) is 9.90 Å². The van der Waals surface area contributed by atoms with E-state index >= 15 is 0 Å². The zero-order valence-corrected chi connectivity index (χ0v) is 10.7. The summed E-state index contributed by atoms with van der Waals surface area (Å²) in [5, 5.41) is 14.0. The van der Waals surface area contributed by atoms with Crippen LogP contribution in [-0.4, -0.2) is 27.5 Å². The molecule has 1 N–H and O–H groups in total. The van der Waals surface area contributed by atoms with Crippen LogP contribution in [0.25, 0.3) is 5.69 Å². The van der Waals surface area contributed by atoms with E-state index < -0.39 is 5.97 Å². The van der Waals surface area contributed by atoms with E-state index in [0.29, 0.717) is 30.2 Å². The van der Waals surface area contributed by atoms with Crippen molar-refractivity contribution in [3.8, 4) is 5.69 Å². The summed E-state index contributed by atoms with van der Waals surface area (Å²) < 4.78 is 6.98. The van der Waals surface area contributed by atoms with Crippen LogP contribution >= 0.6 is 11.6 Å². The van der Waals surface area contributed by atoms with Crippen LogP contribution in [0.5, 0.6) is 0 Å². The quantitative estimate of drug-likeness (QED) is 0.915. The van der Waals surface area contributed by atoms with Gasteiger partial charge in [-0.1, -0.05) is 11.6 Å². The zero-order chi connectivity index (χ0) is 13.4. The molecule has 1 aliphatic heterocycles. The van der Waals surface area contributed by atoms with Gasteiger partial charge in [0.25, 0.3) is 0 Å². The molecule has 3 rings (SSSR count). The van der Waals surface area contributed by atoms with Crippen LogP contribution in [0, 0.1) is 0 Å². The Labute approximate surface area is 114 Å². The van der Waals surface area contributed by atoms with Gasteiger partial charge in [-0.2, -0.15) is 5.10 Å². The second-order valence-corrected chi connectivity index (χ2v) is 4.71. The molecule has 0 spiro atoms. The summed E-state index contributed by atoms with van der Waals surface area (Å²) in [4.78, 5) is 11.2. The molecule has 98 valence electrons. The molecule has 1 aromatic heterocycles. The normalized spacial score (nSPS) is 14.2. The molecule has 0 fully saturated rings. The van der Waals surface area contributed by atoms with Gasteiger partial charge in [-0.25, -0.2) is 9.48 Å². The molecule has 0 saturated heterocycles. The van der Waals surface area contributed by atoms with E-state index in [0.717, 1.165) is 11.4 Å². The summed E-state index contributed by atoms with van der Waals surface area (Å²) in [5.74, 6) is -1.03. The van der Waals surface area contributed by atoms with Gasteiger partial charge in [0.2, 0.25) is 0 Å². The Morgan fingerprint density at radius 1 is 1.37 bits per heavy atom. The average molecular weight is 279 g/mol. The number of benzene rings is 1. The topological polar surface area (TPSA) is 64.3 Å². The predicted molar refractivity (Wildman–Crippen MR) is 68.9 cm³/mol. The van der Waals surface area contributed by atoms with Gasteiger partial charge < -0.3 is 9.84 Å². The van der Waals surface area contributed by atoms with Crippen molar-refractivity contribution in [2.75, 3.05) is 6.61 Å². The first-order valence-electron chi connectivity index (χ1n) is 5.84. The first kappa shape index (κ1) is 12.2. The van der Waals surface area contributed by atoms with Gasteiger partial charge in [0.15, 0.2) is 5.69 Å². The Kier molecular flexibility index (Phi) is 3.00. The number of fused-ring (bicyclic) bond motifs is 1. The van der Waals surface area contributed by atoms with Crippen LogP contribution in [0.1, 0.15) is 21.7 Å². The Morgan fingerprint density at radius 3 is 2.79 bits per heavy atom. The van der Waals surface area contributed by atoms with Crippen molar-refractivity contribution in [1.29, 1.82) is 0 Å². The molecule has 0 radical (unpaired) electrons. The van der Waals surface area contributed by atoms with Gasteiger partial charge in [-0.05, 0) is 24.3 Å². The van der Waals surface area contributed by atoms with Crippen LogP contribution in [0.3, 0.4) is 0 Å². The van der Waals surface area contributed by atoms with Gasteiger partial charge in [0, 0.05) is 17.0 Å². The SMILES string of the molecule is O=C(O)c1nn(-c2ccc(Cl)cc2)c2c1COCC2. The lowest BCUT2D eigenvalue weighted by atomic mass is 10.1. The van der Waals surface area contributed by atoms with Crippen LogP contribution in [-0.2, 0) is 17.8 Å². The summed E-state index contributed by atoms with van der Waals surface area (Å²) in [5.41, 5.74) is 2.42. The predicted octanol–water partition coefficient (Wildman–Crippen LogP) is 2.30. The minimum atomic E-state index is -1.03. The molecule has 0 aliphatic carbocycles. The molecule has 1 aromatic carbocycles. The van der Waals surface area contributed by atoms with Crippen molar-refractivity contribution in [1.82, 2.24) is 9.78 Å². The van der Waals surface area contributed by atoms with E-state index in [4.69, 9.17) is 16.3 Å². The molecule has 19 heavy (non-hydrogen) atoms. The van der Waals surface area contributed by atoms with Crippen molar-refractivity contribution in [3.63, 3.8) is 0 Å². The Morgan fingerprint density at radius 2 is 2.11 bits per heavy atom. The lowest BCUT2D eigenvalue weighted by molar-refractivity contribution is 0.0677. The molecule has 0 unspecified atom stereocenters. The third kappa shape index (κ3) is 2.11. The maximum atomic E-state index is 11.2. The largest absolute Gasteiger partial charge is 0.476 e. The summed E-state index contributed by atoms with van der Waals surface area (Å²) in [6.07, 6.45) is 0.651. The molecule has 0 bridgehead atoms. The average Bonchev–Trinajstić information content (AvgIpc) is 2.79. The Hall–Kier alpha value is -1.85. The maximum absolute atomic E-state index is 11.2. The van der Waals surface area contributed by atoms with Crippen LogP contribution in [0.4, 0.5) is 0 Å². The molecule has 0 saturated carbocycles. The minimum Gasteiger partial charge on any atom is -0.476 e. The van der Waals surface area contributed by atoms with E-state index in [-0.39, 0.29) is 5.69 Å². The van der Waals surface area contributed by atoms with E-state index in [1.165, 1.54) is 0 Å². The molecule has 1 aliphatic rings. The number of carboxylic acid groups (broad SMARTS) is 1. The van der Waals surface area contributed by atoms with E-state index in [1.807, 2.05) is 12.1 Å². The lowest BCUT2D eigenvalue weighted by Gasteiger charge is -2.14. The van der Waals surface area contributed by atoms with Crippen LogP contribution in [0.15, 0.2) is 24.3 Å². The third-order valence-electron chi connectivity index (χ3n) is 3.09. The molecule has 0 atom stereocenters. The Bertz CT molecular complexity index is 634. The van der Waals surface area contributed by atoms with E-state index in [2.05, 4.69) is 5.10 Å². The van der Waals surface area contributed by atoms with Crippen molar-refractivity contribution < 1.29 is 14.6 Å². The highest BCUT2D eigenvalue weighted by Gasteiger charge is 2.25. The van der Waals surface area contributed by atoms with Crippen molar-refractivity contribution >= 4 is 17.6 Å². The third-order valence-corrected chi connectivity index (χ3v) is 3.35. The highest BCUT2D eigenvalue weighted by Crippen LogP contribution is 2.24. The standard InChI is InChI=1S/C13H11ClN2O3/c14-8-1-3-9(4-2-8)16-11-5-6-19-7-10(11)12(15-16)13(17)18/h1-4H,5-7H2,(H,17,18). The number of ether oxygens (including phenoxy) is 1. The fourth-order valence-electron chi connectivity index (χ4n) is 2.20. The number of hydrogen-bond acceptors (Lipinski definition) is 3. The minimum absolute atomic E-state index is 0.0599. The van der Waals surface area contributed by atoms with Gasteiger partial charge in [0.05, 0.1) is 24.6 Å². The van der Waals surface area contributed by atoms with Crippen molar-refractivity contribution in [2.45, 2.75) is 13.0 Å². The first-order valence-corrected chi connectivity index (χ1v) is 6.22. The summed E-state index contributed by atoms with van der Waals surface area (Å²) in [6, 6.07) is 7.14. The zero-order valence-electron chi connectivity index (χ0n) is 9.97. The Balaban J connectivity index is 2.16. The second-order valence-electron chi connectivity index (χ2n) is 4.27. The number of nitrogens with zero attached hydrogens (tertiary/aromatic N) is 2. The van der Waals surface area contributed by atoms with Gasteiger partial charge in [-0.3, -0.25) is 0 Å². The number of carbonyl (C=O) groups is 1. The summed E-state index contributed by atoms with van der Waals surface area (Å²) in [7, 11) is 0. The number of halogens is 1. The van der Waals surface area contributed by atoms with Crippen LogP contribution < -0.4 is 0 Å². The summed E-state index contributed by atoms with van der Waals surface area (Å²) >= 11 is 5.85. The monoisotopic (exact) mass is 278 g/mol. The highest BCUT2D eigenvalue weighted by atomic mass is 35.5. The number of rotatable bonds is 2. The highest BCUT2D eigenvalue weighted by molar-refractivity contribution is 6.30. The maximum Gasteiger partial charge on any atom is 0.356 e. The smallest absolute Gasteiger partial charge is 0.356 e. The number of aromatic nitrogens is 2. The molecule has 5 nitrogen and oxygen atoms in total. The number of hydrogen-bond donors (Lipinski definition) is 1. The van der Waals surface area contributed by atoms with Gasteiger partial charge in [-0.15, -0.1) is 0 Å². The van der Waals surface area contributed by atoms with Gasteiger partial charge in [0.1, 0.15) is 0 Å². The molecule has 0 amide bonds. The lowest BCUT2D eigenvalue weighted by Crippen LogP contribution is -2.13. The van der Waals surface area contributed by atoms with E-state index in [1.54, 1.807) is 16.8 Å². The fraction of sp³-hybridized carbons (Fsp3) is 0.231. The van der Waals surface area contributed by atoms with Crippen molar-refractivity contribution in [2.24, 2.45) is 0 Å². The number of aromatic carboxylic acids is 1. The second kappa shape index (κ2) is 4.68. The molecule has 2 heterocycles. The van der Waals surface area contributed by atoms with Crippen molar-refractivity contribution in [3.05, 3.63) is 46.2 Å². The van der Waals surface area contributed by atoms with Gasteiger partial charge >= 0.3 is 5.97 Å². The van der Waals surface area contributed by atoms with Crippen LogP contribution in [0.2, 0.25) is 5.02 Å². The molecular formula is C13H11ClN2O3. The molecule has 6 heteroatoms. The molecular weight excluding hydrogens is 268 g/mol.